The van der Waals surface area contributed by atoms with Gasteiger partial charge in [-0.1, -0.05) is 15.9 Å². The van der Waals surface area contributed by atoms with Gasteiger partial charge < -0.3 is 15.2 Å². The van der Waals surface area contributed by atoms with Crippen molar-refractivity contribution in [2.24, 2.45) is 0 Å². The Labute approximate surface area is 113 Å². The van der Waals surface area contributed by atoms with E-state index in [9.17, 15) is 0 Å². The largest absolute Gasteiger partial charge is 0.493 e. The fourth-order valence-electron chi connectivity index (χ4n) is 1.85. The van der Waals surface area contributed by atoms with E-state index in [2.05, 4.69) is 26.1 Å². The lowest BCUT2D eigenvalue weighted by Gasteiger charge is -2.15. The van der Waals surface area contributed by atoms with Crippen molar-refractivity contribution in [3.8, 4) is 22.8 Å². The minimum atomic E-state index is 0.436. The quantitative estimate of drug-likeness (QED) is 0.914. The van der Waals surface area contributed by atoms with Crippen molar-refractivity contribution in [2.75, 3.05) is 20.0 Å². The van der Waals surface area contributed by atoms with Crippen LogP contribution in [0.2, 0.25) is 0 Å². The third kappa shape index (κ3) is 2.03. The van der Waals surface area contributed by atoms with Gasteiger partial charge in [0.2, 0.25) is 0 Å². The minimum Gasteiger partial charge on any atom is -0.493 e. The van der Waals surface area contributed by atoms with Gasteiger partial charge in [-0.3, -0.25) is 5.10 Å². The van der Waals surface area contributed by atoms with Gasteiger partial charge in [-0.05, 0) is 18.6 Å². The van der Waals surface area contributed by atoms with Crippen LogP contribution in [0.25, 0.3) is 11.3 Å². The summed E-state index contributed by atoms with van der Waals surface area (Å²) in [6.45, 7) is 1.98. The number of methoxy groups -OCH3 is 2. The molecule has 1 aromatic carbocycles. The van der Waals surface area contributed by atoms with Gasteiger partial charge in [0, 0.05) is 16.1 Å². The molecular weight excluding hydrogens is 298 g/mol. The van der Waals surface area contributed by atoms with Crippen LogP contribution in [0.5, 0.6) is 11.5 Å². The predicted molar refractivity (Wildman–Crippen MR) is 74.0 cm³/mol. The predicted octanol–water partition coefficient (Wildman–Crippen LogP) is 2.75. The fraction of sp³-hybridized carbons (Fsp3) is 0.250. The molecule has 0 radical (unpaired) electrons. The summed E-state index contributed by atoms with van der Waals surface area (Å²) >= 11 is 3.50. The number of nitrogen functional groups attached to an aromatic ring is 1. The highest BCUT2D eigenvalue weighted by atomic mass is 79.9. The van der Waals surface area contributed by atoms with Gasteiger partial charge in [-0.25, -0.2) is 0 Å². The van der Waals surface area contributed by atoms with Crippen molar-refractivity contribution in [3.63, 3.8) is 0 Å². The van der Waals surface area contributed by atoms with Crippen molar-refractivity contribution in [3.05, 3.63) is 22.2 Å². The lowest BCUT2D eigenvalue weighted by molar-refractivity contribution is 0.355. The second-order valence-corrected chi connectivity index (χ2v) is 4.65. The van der Waals surface area contributed by atoms with Gasteiger partial charge in [0.1, 0.15) is 5.82 Å². The zero-order valence-corrected chi connectivity index (χ0v) is 12.0. The van der Waals surface area contributed by atoms with E-state index in [-0.39, 0.29) is 0 Å². The lowest BCUT2D eigenvalue weighted by atomic mass is 10.0. The van der Waals surface area contributed by atoms with Crippen LogP contribution < -0.4 is 15.2 Å². The molecule has 0 saturated carbocycles. The standard InChI is InChI=1S/C12H14BrN3O2/c1-6-7(13)4-9(17-2)12(18-3)11(6)8-5-10(14)16-15-8/h4-5H,1-3H3,(H3,14,15,16). The Morgan fingerprint density at radius 3 is 2.50 bits per heavy atom. The van der Waals surface area contributed by atoms with Crippen LogP contribution in [0.15, 0.2) is 16.6 Å². The van der Waals surface area contributed by atoms with E-state index >= 15 is 0 Å². The number of hydrogen-bond donors (Lipinski definition) is 2. The zero-order chi connectivity index (χ0) is 13.3. The Morgan fingerprint density at radius 2 is 2.00 bits per heavy atom. The van der Waals surface area contributed by atoms with Crippen LogP contribution in [0.1, 0.15) is 5.56 Å². The summed E-state index contributed by atoms with van der Waals surface area (Å²) in [5.41, 5.74) is 8.34. The summed E-state index contributed by atoms with van der Waals surface area (Å²) in [5, 5.41) is 6.82. The van der Waals surface area contributed by atoms with Gasteiger partial charge in [-0.2, -0.15) is 5.10 Å². The molecule has 0 aliphatic heterocycles. The van der Waals surface area contributed by atoms with Crippen LogP contribution in [-0.4, -0.2) is 24.4 Å². The molecule has 0 bridgehead atoms. The number of anilines is 1. The number of aromatic amines is 1. The van der Waals surface area contributed by atoms with E-state index in [0.29, 0.717) is 17.3 Å². The van der Waals surface area contributed by atoms with E-state index in [0.717, 1.165) is 21.3 Å². The maximum atomic E-state index is 5.64. The first-order valence-corrected chi connectivity index (χ1v) is 6.10. The Kier molecular flexibility index (Phi) is 3.47. The number of halogens is 1. The van der Waals surface area contributed by atoms with Gasteiger partial charge in [-0.15, -0.1) is 0 Å². The molecule has 96 valence electrons. The molecule has 2 aromatic rings. The Morgan fingerprint density at radius 1 is 1.28 bits per heavy atom. The molecular formula is C12H14BrN3O2. The molecule has 18 heavy (non-hydrogen) atoms. The van der Waals surface area contributed by atoms with E-state index < -0.39 is 0 Å². The third-order valence-electron chi connectivity index (χ3n) is 2.73. The molecule has 3 N–H and O–H groups in total. The normalized spacial score (nSPS) is 10.4. The van der Waals surface area contributed by atoms with Crippen molar-refractivity contribution in [1.29, 1.82) is 0 Å². The number of rotatable bonds is 3. The van der Waals surface area contributed by atoms with Crippen LogP contribution in [0.3, 0.4) is 0 Å². The number of nitrogens with zero attached hydrogens (tertiary/aromatic N) is 1. The molecule has 0 unspecified atom stereocenters. The number of hydrogen-bond acceptors (Lipinski definition) is 4. The van der Waals surface area contributed by atoms with Crippen molar-refractivity contribution in [1.82, 2.24) is 10.2 Å². The van der Waals surface area contributed by atoms with Crippen LogP contribution in [-0.2, 0) is 0 Å². The lowest BCUT2D eigenvalue weighted by Crippen LogP contribution is -1.97. The number of ether oxygens (including phenoxy) is 2. The number of nitrogens with two attached hydrogens (primary N) is 1. The van der Waals surface area contributed by atoms with E-state index in [1.54, 1.807) is 20.3 Å². The smallest absolute Gasteiger partial charge is 0.170 e. The van der Waals surface area contributed by atoms with Gasteiger partial charge in [0.15, 0.2) is 11.5 Å². The van der Waals surface area contributed by atoms with E-state index in [1.807, 2.05) is 13.0 Å². The zero-order valence-electron chi connectivity index (χ0n) is 10.4. The molecule has 0 aliphatic rings. The third-order valence-corrected chi connectivity index (χ3v) is 3.56. The summed E-state index contributed by atoms with van der Waals surface area (Å²) in [4.78, 5) is 0. The summed E-state index contributed by atoms with van der Waals surface area (Å²) in [7, 11) is 3.21. The first kappa shape index (κ1) is 12.8. The van der Waals surface area contributed by atoms with Crippen molar-refractivity contribution >= 4 is 21.7 Å². The maximum Gasteiger partial charge on any atom is 0.170 e. The second kappa shape index (κ2) is 4.89. The molecule has 0 aliphatic carbocycles. The molecule has 0 fully saturated rings. The second-order valence-electron chi connectivity index (χ2n) is 3.80. The minimum absolute atomic E-state index is 0.436. The van der Waals surface area contributed by atoms with Crippen molar-refractivity contribution in [2.45, 2.75) is 6.92 Å². The highest BCUT2D eigenvalue weighted by Crippen LogP contribution is 2.43. The molecule has 0 spiro atoms. The summed E-state index contributed by atoms with van der Waals surface area (Å²) < 4.78 is 11.7. The van der Waals surface area contributed by atoms with Gasteiger partial charge in [0.25, 0.3) is 0 Å². The van der Waals surface area contributed by atoms with Crippen molar-refractivity contribution < 1.29 is 9.47 Å². The number of nitrogens with one attached hydrogen (secondary N) is 1. The van der Waals surface area contributed by atoms with E-state index in [4.69, 9.17) is 15.2 Å². The molecule has 2 rings (SSSR count). The molecule has 5 nitrogen and oxygen atoms in total. The molecule has 6 heteroatoms. The Bertz CT molecular complexity index is 581. The van der Waals surface area contributed by atoms with E-state index in [1.165, 1.54) is 0 Å². The molecule has 1 aromatic heterocycles. The summed E-state index contributed by atoms with van der Waals surface area (Å²) in [5.74, 6) is 1.74. The Balaban J connectivity index is 2.74. The maximum absolute atomic E-state index is 5.64. The summed E-state index contributed by atoms with van der Waals surface area (Å²) in [6, 6.07) is 3.63. The molecule has 0 amide bonds. The van der Waals surface area contributed by atoms with Crippen LogP contribution in [0, 0.1) is 6.92 Å². The first-order chi connectivity index (χ1) is 8.58. The average molecular weight is 312 g/mol. The van der Waals surface area contributed by atoms with Gasteiger partial charge >= 0.3 is 0 Å². The number of benzene rings is 1. The SMILES string of the molecule is COc1cc(Br)c(C)c(-c2cc(N)n[nH]2)c1OC. The molecule has 1 heterocycles. The van der Waals surface area contributed by atoms with Crippen LogP contribution in [0.4, 0.5) is 5.82 Å². The topological polar surface area (TPSA) is 73.2 Å². The highest BCUT2D eigenvalue weighted by Gasteiger charge is 2.19. The van der Waals surface area contributed by atoms with Crippen LogP contribution >= 0.6 is 15.9 Å². The number of H-pyrrole nitrogens is 1. The first-order valence-electron chi connectivity index (χ1n) is 5.30. The monoisotopic (exact) mass is 311 g/mol. The van der Waals surface area contributed by atoms with Gasteiger partial charge in [0.05, 0.1) is 19.9 Å². The fourth-order valence-corrected chi connectivity index (χ4v) is 2.25. The molecule has 0 saturated heterocycles. The number of aromatic nitrogens is 2. The average Bonchev–Trinajstić information content (AvgIpc) is 2.78. The summed E-state index contributed by atoms with van der Waals surface area (Å²) in [6.07, 6.45) is 0. The molecule has 0 atom stereocenters. The highest BCUT2D eigenvalue weighted by molar-refractivity contribution is 9.10. The Hall–Kier alpha value is -1.69.